The molecule has 0 radical (unpaired) electrons. The predicted molar refractivity (Wildman–Crippen MR) is 78.8 cm³/mol. The minimum atomic E-state index is -3.65. The van der Waals surface area contributed by atoms with E-state index in [9.17, 15) is 18.0 Å². The molecule has 1 amide bonds. The molecular weight excluding hydrogens is 296 g/mol. The molecule has 0 bridgehead atoms. The fraction of sp³-hybridized carbons (Fsp3) is 0.385. The number of carboxylic acids is 1. The Morgan fingerprint density at radius 3 is 2.52 bits per heavy atom. The summed E-state index contributed by atoms with van der Waals surface area (Å²) in [4.78, 5) is 21.9. The third-order valence-electron chi connectivity index (χ3n) is 2.80. The van der Waals surface area contributed by atoms with E-state index in [0.717, 1.165) is 0 Å². The fourth-order valence-electron chi connectivity index (χ4n) is 1.65. The minimum Gasteiger partial charge on any atom is -0.481 e. The number of nitrogens with one attached hydrogen (secondary N) is 2. The van der Waals surface area contributed by atoms with Crippen LogP contribution in [0.3, 0.4) is 0 Å². The van der Waals surface area contributed by atoms with E-state index >= 15 is 0 Å². The van der Waals surface area contributed by atoms with Gasteiger partial charge in [0.2, 0.25) is 10.0 Å². The van der Waals surface area contributed by atoms with Gasteiger partial charge in [0.15, 0.2) is 0 Å². The molecule has 21 heavy (non-hydrogen) atoms. The Balaban J connectivity index is 2.86. The molecule has 0 aliphatic heterocycles. The molecule has 0 fully saturated rings. The molecular formula is C13H18N2O5S. The number of amides is 1. The average molecular weight is 314 g/mol. The normalized spacial score (nSPS) is 11.0. The zero-order valence-corrected chi connectivity index (χ0v) is 12.7. The van der Waals surface area contributed by atoms with Crippen LogP contribution in [0.25, 0.3) is 0 Å². The van der Waals surface area contributed by atoms with Gasteiger partial charge in [0.1, 0.15) is 0 Å². The Bertz CT molecular complexity index is 640. The summed E-state index contributed by atoms with van der Waals surface area (Å²) in [5.74, 6) is -1.65. The predicted octanol–water partition coefficient (Wildman–Crippen LogP) is 0.961. The molecule has 1 aromatic rings. The van der Waals surface area contributed by atoms with E-state index in [1.165, 1.54) is 13.1 Å². The summed E-state index contributed by atoms with van der Waals surface area (Å²) in [6.45, 7) is 1.71. The van der Waals surface area contributed by atoms with Crippen molar-refractivity contribution in [2.45, 2.75) is 19.8 Å². The first kappa shape index (κ1) is 17.0. The number of hydrogen-bond acceptors (Lipinski definition) is 4. The van der Waals surface area contributed by atoms with Crippen LogP contribution in [0.1, 0.15) is 28.8 Å². The Morgan fingerprint density at radius 1 is 1.29 bits per heavy atom. The molecule has 0 heterocycles. The lowest BCUT2D eigenvalue weighted by molar-refractivity contribution is -0.137. The molecule has 116 valence electrons. The average Bonchev–Trinajstić information content (AvgIpc) is 2.39. The first-order valence-electron chi connectivity index (χ1n) is 6.30. The van der Waals surface area contributed by atoms with E-state index in [0.29, 0.717) is 16.8 Å². The summed E-state index contributed by atoms with van der Waals surface area (Å²) in [5, 5.41) is 11.0. The molecule has 0 spiro atoms. The zero-order valence-electron chi connectivity index (χ0n) is 11.8. The molecule has 0 aliphatic rings. The van der Waals surface area contributed by atoms with Gasteiger partial charge in [0.05, 0.1) is 11.4 Å². The lowest BCUT2D eigenvalue weighted by atomic mass is 10.1. The van der Waals surface area contributed by atoms with Crippen molar-refractivity contribution in [3.63, 3.8) is 0 Å². The highest BCUT2D eigenvalue weighted by molar-refractivity contribution is 7.92. The Hall–Kier alpha value is -2.09. The third kappa shape index (κ3) is 5.42. The number of hydrogen-bond donors (Lipinski definition) is 3. The van der Waals surface area contributed by atoms with Crippen molar-refractivity contribution < 1.29 is 23.1 Å². The summed E-state index contributed by atoms with van der Waals surface area (Å²) in [7, 11) is -2.16. The zero-order chi connectivity index (χ0) is 16.0. The van der Waals surface area contributed by atoms with E-state index in [4.69, 9.17) is 5.11 Å². The topological polar surface area (TPSA) is 113 Å². The number of aliphatic carboxylic acids is 1. The van der Waals surface area contributed by atoms with Crippen molar-refractivity contribution in [2.24, 2.45) is 0 Å². The quantitative estimate of drug-likeness (QED) is 0.694. The monoisotopic (exact) mass is 314 g/mol. The largest absolute Gasteiger partial charge is 0.481 e. The van der Waals surface area contributed by atoms with Gasteiger partial charge in [-0.2, -0.15) is 0 Å². The number of anilines is 1. The van der Waals surface area contributed by atoms with Crippen molar-refractivity contribution in [2.75, 3.05) is 17.5 Å². The van der Waals surface area contributed by atoms with Gasteiger partial charge in [-0.05, 0) is 31.0 Å². The molecule has 0 aliphatic carbocycles. The van der Waals surface area contributed by atoms with Crippen LogP contribution in [0.2, 0.25) is 0 Å². The summed E-state index contributed by atoms with van der Waals surface area (Å²) < 4.78 is 26.1. The van der Waals surface area contributed by atoms with Crippen molar-refractivity contribution in [1.29, 1.82) is 0 Å². The van der Waals surface area contributed by atoms with Crippen molar-refractivity contribution >= 4 is 27.6 Å². The SMILES string of the molecule is CNC(=O)c1ccc(C)c(NS(=O)(=O)CCCC(=O)O)c1. The van der Waals surface area contributed by atoms with Gasteiger partial charge >= 0.3 is 5.97 Å². The van der Waals surface area contributed by atoms with Gasteiger partial charge in [-0.1, -0.05) is 6.07 Å². The maximum Gasteiger partial charge on any atom is 0.303 e. The van der Waals surface area contributed by atoms with Gasteiger partial charge in [-0.15, -0.1) is 0 Å². The smallest absolute Gasteiger partial charge is 0.303 e. The number of carboxylic acid groups (broad SMARTS) is 1. The van der Waals surface area contributed by atoms with Crippen LogP contribution in [-0.4, -0.2) is 38.2 Å². The molecule has 0 saturated heterocycles. The summed E-state index contributed by atoms with van der Waals surface area (Å²) in [6.07, 6.45) is -0.184. The van der Waals surface area contributed by atoms with Crippen molar-refractivity contribution in [3.05, 3.63) is 29.3 Å². The molecule has 8 heteroatoms. The second-order valence-corrected chi connectivity index (χ2v) is 6.37. The van der Waals surface area contributed by atoms with E-state index in [1.807, 2.05) is 0 Å². The first-order valence-corrected chi connectivity index (χ1v) is 7.95. The highest BCUT2D eigenvalue weighted by atomic mass is 32.2. The van der Waals surface area contributed by atoms with Gasteiger partial charge in [-0.3, -0.25) is 14.3 Å². The molecule has 0 unspecified atom stereocenters. The third-order valence-corrected chi connectivity index (χ3v) is 4.15. The highest BCUT2D eigenvalue weighted by Crippen LogP contribution is 2.18. The number of benzene rings is 1. The van der Waals surface area contributed by atoms with Crippen LogP contribution in [0.4, 0.5) is 5.69 Å². The van der Waals surface area contributed by atoms with E-state index in [2.05, 4.69) is 10.0 Å². The number of rotatable bonds is 7. The summed E-state index contributed by atoms with van der Waals surface area (Å²) >= 11 is 0. The number of carbonyl (C=O) groups is 2. The Morgan fingerprint density at radius 2 is 1.95 bits per heavy atom. The van der Waals surface area contributed by atoms with Crippen molar-refractivity contribution in [1.82, 2.24) is 5.32 Å². The number of carbonyl (C=O) groups excluding carboxylic acids is 1. The van der Waals surface area contributed by atoms with Crippen LogP contribution in [-0.2, 0) is 14.8 Å². The standard InChI is InChI=1S/C13H18N2O5S/c1-9-5-6-10(13(18)14-2)8-11(9)15-21(19,20)7-3-4-12(16)17/h5-6,8,15H,3-4,7H2,1-2H3,(H,14,18)(H,16,17). The van der Waals surface area contributed by atoms with Gasteiger partial charge in [0.25, 0.3) is 5.91 Å². The van der Waals surface area contributed by atoms with Crippen LogP contribution in [0.15, 0.2) is 18.2 Å². The minimum absolute atomic E-state index is 0.0266. The maximum absolute atomic E-state index is 11.9. The van der Waals surface area contributed by atoms with Crippen LogP contribution in [0.5, 0.6) is 0 Å². The molecule has 3 N–H and O–H groups in total. The molecule has 1 aromatic carbocycles. The Kier molecular flexibility index (Phi) is 5.71. The van der Waals surface area contributed by atoms with Gasteiger partial charge in [0, 0.05) is 19.0 Å². The van der Waals surface area contributed by atoms with Crippen LogP contribution in [0, 0.1) is 6.92 Å². The second-order valence-electron chi connectivity index (χ2n) is 4.53. The fourth-order valence-corrected chi connectivity index (χ4v) is 2.83. The van der Waals surface area contributed by atoms with E-state index in [1.54, 1.807) is 19.1 Å². The van der Waals surface area contributed by atoms with E-state index in [-0.39, 0.29) is 24.5 Å². The van der Waals surface area contributed by atoms with Crippen LogP contribution >= 0.6 is 0 Å². The summed E-state index contributed by atoms with van der Waals surface area (Å²) in [5.41, 5.74) is 1.32. The molecule has 0 aromatic heterocycles. The summed E-state index contributed by atoms with van der Waals surface area (Å²) in [6, 6.07) is 4.68. The molecule has 0 saturated carbocycles. The van der Waals surface area contributed by atoms with Gasteiger partial charge in [-0.25, -0.2) is 8.42 Å². The molecule has 7 nitrogen and oxygen atoms in total. The number of sulfonamides is 1. The Labute approximate surface area is 123 Å². The highest BCUT2D eigenvalue weighted by Gasteiger charge is 2.14. The van der Waals surface area contributed by atoms with E-state index < -0.39 is 16.0 Å². The second kappa shape index (κ2) is 7.07. The van der Waals surface area contributed by atoms with Crippen LogP contribution < -0.4 is 10.0 Å². The number of aryl methyl sites for hydroxylation is 1. The lowest BCUT2D eigenvalue weighted by Gasteiger charge is -2.11. The lowest BCUT2D eigenvalue weighted by Crippen LogP contribution is -2.20. The maximum atomic E-state index is 11.9. The first-order chi connectivity index (χ1) is 9.75. The molecule has 0 atom stereocenters. The van der Waals surface area contributed by atoms with Gasteiger partial charge < -0.3 is 10.4 Å². The molecule has 1 rings (SSSR count). The van der Waals surface area contributed by atoms with Crippen molar-refractivity contribution in [3.8, 4) is 0 Å².